The van der Waals surface area contributed by atoms with Gasteiger partial charge in [-0.3, -0.25) is 0 Å². The van der Waals surface area contributed by atoms with Crippen LogP contribution < -0.4 is 0 Å². The molecule has 1 unspecified atom stereocenters. The van der Waals surface area contributed by atoms with Crippen molar-refractivity contribution in [1.29, 1.82) is 0 Å². The van der Waals surface area contributed by atoms with Crippen LogP contribution in [-0.2, 0) is 18.5 Å². The first kappa shape index (κ1) is 40.4. The number of nitrogens with zero attached hydrogens (tertiary/aromatic N) is 5. The summed E-state index contributed by atoms with van der Waals surface area (Å²) in [6.45, 7) is 0.847. The van der Waals surface area contributed by atoms with Gasteiger partial charge in [-0.1, -0.05) is 143 Å². The molecule has 0 fully saturated rings. The zero-order chi connectivity index (χ0) is 38.3. The first-order valence-corrected chi connectivity index (χ1v) is 19.1. The van der Waals surface area contributed by atoms with Gasteiger partial charge < -0.3 is 14.3 Å². The standard InChI is InChI=1S/C22H17ClN2.C19H17Cl3N2S.HNO3/c23-21-14-8-7-13-20(21)22(25-16-15-24-17-25,18-9-3-1-4-10-18)19-11-5-2-6-12-19;20-15-7-4-14(5-8-15)6-9-16(12-24-11-10-23-13-24)25-19-17(21)2-1-3-18(19)22;2-1(3)4/h1-17H;1-5,7-8,10-11,13,16H,6,9,12H2;(H,2,3,4). The number of benzene rings is 5. The van der Waals surface area contributed by atoms with Gasteiger partial charge in [-0.05, 0) is 59.9 Å². The second-order valence-electron chi connectivity index (χ2n) is 11.8. The van der Waals surface area contributed by atoms with E-state index in [0.717, 1.165) is 51.0 Å². The maximum atomic E-state index is 8.36. The molecule has 2 aromatic heterocycles. The first-order chi connectivity index (χ1) is 26.2. The molecule has 0 saturated heterocycles. The van der Waals surface area contributed by atoms with Crippen LogP contribution in [0.4, 0.5) is 0 Å². The molecule has 2 heterocycles. The number of aromatic nitrogens is 4. The Bertz CT molecular complexity index is 2110. The molecule has 8 nitrogen and oxygen atoms in total. The monoisotopic (exact) mass is 817 g/mol. The van der Waals surface area contributed by atoms with E-state index in [4.69, 9.17) is 61.7 Å². The van der Waals surface area contributed by atoms with Gasteiger partial charge in [-0.15, -0.1) is 21.9 Å². The van der Waals surface area contributed by atoms with E-state index in [1.54, 1.807) is 24.2 Å². The van der Waals surface area contributed by atoms with E-state index in [0.29, 0.717) is 15.3 Å². The van der Waals surface area contributed by atoms with Crippen molar-refractivity contribution >= 4 is 58.2 Å². The summed E-state index contributed by atoms with van der Waals surface area (Å²) in [5.41, 5.74) is 3.97. The highest BCUT2D eigenvalue weighted by Gasteiger charge is 2.39. The minimum absolute atomic E-state index is 0.322. The van der Waals surface area contributed by atoms with Gasteiger partial charge in [0, 0.05) is 57.1 Å². The number of halogens is 4. The minimum atomic E-state index is -1.50. The zero-order valence-electron chi connectivity index (χ0n) is 28.7. The molecule has 0 bridgehead atoms. The number of hydrogen-bond donors (Lipinski definition) is 1. The Hall–Kier alpha value is -4.77. The number of rotatable bonds is 11. The van der Waals surface area contributed by atoms with Gasteiger partial charge in [0.05, 0.1) is 22.7 Å². The Morgan fingerprint density at radius 1 is 0.704 bits per heavy atom. The second kappa shape index (κ2) is 20.1. The van der Waals surface area contributed by atoms with Crippen molar-refractivity contribution in [2.45, 2.75) is 35.1 Å². The molecule has 5 aromatic carbocycles. The third kappa shape index (κ3) is 10.7. The Balaban J connectivity index is 0.000000189. The Labute approximate surface area is 338 Å². The van der Waals surface area contributed by atoms with Crippen LogP contribution in [0.3, 0.4) is 0 Å². The Morgan fingerprint density at radius 3 is 1.78 bits per heavy atom. The molecule has 0 aliphatic carbocycles. The highest BCUT2D eigenvalue weighted by Crippen LogP contribution is 2.43. The van der Waals surface area contributed by atoms with Crippen LogP contribution in [-0.4, -0.2) is 34.6 Å². The molecule has 0 saturated carbocycles. The van der Waals surface area contributed by atoms with Crippen molar-refractivity contribution in [3.63, 3.8) is 0 Å². The lowest BCUT2D eigenvalue weighted by atomic mass is 9.76. The number of aryl methyl sites for hydroxylation is 1. The van der Waals surface area contributed by atoms with Crippen LogP contribution in [0, 0.1) is 10.1 Å². The molecule has 1 N–H and O–H groups in total. The van der Waals surface area contributed by atoms with Gasteiger partial charge in [0.25, 0.3) is 5.09 Å². The second-order valence-corrected chi connectivity index (χ2v) is 14.8. The molecule has 0 amide bonds. The van der Waals surface area contributed by atoms with Crippen molar-refractivity contribution in [2.24, 2.45) is 0 Å². The van der Waals surface area contributed by atoms with Crippen molar-refractivity contribution in [1.82, 2.24) is 19.1 Å². The molecule has 0 spiro atoms. The van der Waals surface area contributed by atoms with Gasteiger partial charge >= 0.3 is 0 Å². The molecule has 0 radical (unpaired) electrons. The normalized spacial score (nSPS) is 11.4. The summed E-state index contributed by atoms with van der Waals surface area (Å²) in [6.07, 6.45) is 13.2. The van der Waals surface area contributed by atoms with E-state index in [1.807, 2.05) is 85.7 Å². The third-order valence-corrected chi connectivity index (χ3v) is 11.2. The summed E-state index contributed by atoms with van der Waals surface area (Å²) in [5.74, 6) is 0. The molecule has 0 aliphatic rings. The van der Waals surface area contributed by atoms with E-state index in [9.17, 15) is 0 Å². The van der Waals surface area contributed by atoms with Crippen molar-refractivity contribution in [3.05, 3.63) is 217 Å². The summed E-state index contributed by atoms with van der Waals surface area (Å²) in [4.78, 5) is 17.7. The summed E-state index contributed by atoms with van der Waals surface area (Å²) in [6, 6.07) is 42.5. The quantitative estimate of drug-likeness (QED) is 0.0604. The number of imidazole rings is 2. The molecule has 54 heavy (non-hydrogen) atoms. The first-order valence-electron chi connectivity index (χ1n) is 16.7. The summed E-state index contributed by atoms with van der Waals surface area (Å²) >= 11 is 27.1. The van der Waals surface area contributed by atoms with E-state index < -0.39 is 10.6 Å². The summed E-state index contributed by atoms with van der Waals surface area (Å²) < 4.78 is 4.21. The van der Waals surface area contributed by atoms with Crippen molar-refractivity contribution in [3.8, 4) is 0 Å². The summed E-state index contributed by atoms with van der Waals surface area (Å²) in [7, 11) is 0. The van der Waals surface area contributed by atoms with Gasteiger partial charge in [-0.2, -0.15) is 0 Å². The summed E-state index contributed by atoms with van der Waals surface area (Å²) in [5, 5.41) is 16.8. The lowest BCUT2D eigenvalue weighted by Crippen LogP contribution is -2.37. The largest absolute Gasteiger partial charge is 0.336 e. The minimum Gasteiger partial charge on any atom is -0.336 e. The van der Waals surface area contributed by atoms with Crippen LogP contribution in [0.2, 0.25) is 20.1 Å². The maximum Gasteiger partial charge on any atom is 0.291 e. The Kier molecular flexibility index (Phi) is 15.0. The Morgan fingerprint density at radius 2 is 1.24 bits per heavy atom. The third-order valence-electron chi connectivity index (χ3n) is 8.38. The molecule has 276 valence electrons. The smallest absolute Gasteiger partial charge is 0.291 e. The average Bonchev–Trinajstić information content (AvgIpc) is 3.91. The predicted molar refractivity (Wildman–Crippen MR) is 219 cm³/mol. The van der Waals surface area contributed by atoms with Crippen LogP contribution in [0.1, 0.15) is 28.7 Å². The van der Waals surface area contributed by atoms with Crippen LogP contribution in [0.25, 0.3) is 0 Å². The van der Waals surface area contributed by atoms with Gasteiger partial charge in [0.15, 0.2) is 0 Å². The highest BCUT2D eigenvalue weighted by atomic mass is 35.5. The SMILES string of the molecule is Clc1ccc(CCC(Cn2ccnc2)Sc2c(Cl)cccc2Cl)cc1.Clc1ccccc1C(c1ccccc1)(c1ccccc1)n1ccnc1.O=[N+]([O-])O. The number of thioether (sulfide) groups is 1. The lowest BCUT2D eigenvalue weighted by Gasteiger charge is -2.37. The van der Waals surface area contributed by atoms with Crippen LogP contribution >= 0.6 is 58.2 Å². The van der Waals surface area contributed by atoms with Gasteiger partial charge in [0.1, 0.15) is 5.54 Å². The average molecular weight is 820 g/mol. The zero-order valence-corrected chi connectivity index (χ0v) is 32.5. The maximum absolute atomic E-state index is 8.36. The topological polar surface area (TPSA) is 99.0 Å². The molecular formula is C41H35Cl4N5O3S. The fourth-order valence-corrected chi connectivity index (χ4v) is 8.28. The lowest BCUT2D eigenvalue weighted by molar-refractivity contribution is -0.742. The van der Waals surface area contributed by atoms with Crippen molar-refractivity contribution in [2.75, 3.05) is 0 Å². The highest BCUT2D eigenvalue weighted by molar-refractivity contribution is 8.00. The van der Waals surface area contributed by atoms with Gasteiger partial charge in [-0.25, -0.2) is 9.97 Å². The molecular weight excluding hydrogens is 784 g/mol. The van der Waals surface area contributed by atoms with Crippen LogP contribution in [0.5, 0.6) is 0 Å². The van der Waals surface area contributed by atoms with Crippen LogP contribution in [0.15, 0.2) is 170 Å². The van der Waals surface area contributed by atoms with E-state index in [-0.39, 0.29) is 0 Å². The molecule has 1 atom stereocenters. The predicted octanol–water partition coefficient (Wildman–Crippen LogP) is 11.7. The number of hydrogen-bond acceptors (Lipinski definition) is 5. The molecule has 13 heteroatoms. The molecule has 7 rings (SSSR count). The van der Waals surface area contributed by atoms with E-state index in [1.165, 1.54) is 5.56 Å². The van der Waals surface area contributed by atoms with Crippen molar-refractivity contribution < 1.29 is 10.3 Å². The van der Waals surface area contributed by atoms with E-state index in [2.05, 4.69) is 85.8 Å². The van der Waals surface area contributed by atoms with Gasteiger partial charge in [0.2, 0.25) is 0 Å². The molecule has 0 aliphatic heterocycles. The van der Waals surface area contributed by atoms with E-state index >= 15 is 0 Å². The fraction of sp³-hybridized carbons (Fsp3) is 0.122. The fourth-order valence-electron chi connectivity index (χ4n) is 6.04. The molecule has 7 aromatic rings.